The summed E-state index contributed by atoms with van der Waals surface area (Å²) in [5.41, 5.74) is 1.76. The number of halogens is 1. The van der Waals surface area contributed by atoms with Crippen LogP contribution in [0, 0.1) is 12.7 Å². The highest BCUT2D eigenvalue weighted by Gasteiger charge is 2.27. The zero-order valence-corrected chi connectivity index (χ0v) is 15.1. The molecule has 2 heterocycles. The fraction of sp³-hybridized carbons (Fsp3) is 0.238. The largest absolute Gasteiger partial charge is 0.441 e. The van der Waals surface area contributed by atoms with E-state index in [1.54, 1.807) is 24.0 Å². The van der Waals surface area contributed by atoms with Crippen LogP contribution in [0.3, 0.4) is 0 Å². The first-order valence-electron chi connectivity index (χ1n) is 8.95. The summed E-state index contributed by atoms with van der Waals surface area (Å²) in [5.74, 6) is 0.570. The second-order valence-electron chi connectivity index (χ2n) is 6.52. The average molecular weight is 365 g/mol. The number of anilines is 1. The van der Waals surface area contributed by atoms with Crippen LogP contribution in [-0.4, -0.2) is 42.0 Å². The highest BCUT2D eigenvalue weighted by atomic mass is 19.1. The fourth-order valence-electron chi connectivity index (χ4n) is 3.31. The van der Waals surface area contributed by atoms with E-state index in [0.717, 1.165) is 5.56 Å². The van der Waals surface area contributed by atoms with Gasteiger partial charge in [0.2, 0.25) is 5.89 Å². The van der Waals surface area contributed by atoms with Crippen molar-refractivity contribution in [2.75, 3.05) is 31.1 Å². The minimum absolute atomic E-state index is 0.147. The van der Waals surface area contributed by atoms with Crippen LogP contribution < -0.4 is 4.90 Å². The maximum Gasteiger partial charge on any atom is 0.276 e. The van der Waals surface area contributed by atoms with E-state index in [1.807, 2.05) is 41.3 Å². The lowest BCUT2D eigenvalue weighted by molar-refractivity contribution is 0.0739. The van der Waals surface area contributed by atoms with Gasteiger partial charge in [0.05, 0.1) is 5.69 Å². The number of hydrogen-bond donors (Lipinski definition) is 0. The van der Waals surface area contributed by atoms with E-state index >= 15 is 0 Å². The van der Waals surface area contributed by atoms with Gasteiger partial charge in [-0.05, 0) is 31.2 Å². The molecule has 0 radical (unpaired) electrons. The van der Waals surface area contributed by atoms with Gasteiger partial charge < -0.3 is 14.2 Å². The van der Waals surface area contributed by atoms with Crippen LogP contribution in [0.4, 0.5) is 10.1 Å². The molecule has 5 nitrogen and oxygen atoms in total. The van der Waals surface area contributed by atoms with Gasteiger partial charge in [-0.3, -0.25) is 4.79 Å². The second-order valence-corrected chi connectivity index (χ2v) is 6.52. The molecule has 1 aromatic heterocycles. The molecule has 3 aromatic rings. The van der Waals surface area contributed by atoms with Gasteiger partial charge in [-0.15, -0.1) is 0 Å². The number of benzene rings is 2. The van der Waals surface area contributed by atoms with Crippen molar-refractivity contribution in [1.29, 1.82) is 0 Å². The Morgan fingerprint density at radius 3 is 2.37 bits per heavy atom. The Bertz CT molecular complexity index is 947. The van der Waals surface area contributed by atoms with E-state index in [2.05, 4.69) is 4.98 Å². The monoisotopic (exact) mass is 365 g/mol. The van der Waals surface area contributed by atoms with Gasteiger partial charge in [-0.1, -0.05) is 30.3 Å². The second kappa shape index (κ2) is 7.23. The molecule has 1 aliphatic rings. The van der Waals surface area contributed by atoms with Crippen molar-refractivity contribution < 1.29 is 13.6 Å². The first-order valence-corrected chi connectivity index (χ1v) is 8.95. The van der Waals surface area contributed by atoms with Crippen LogP contribution in [0.15, 0.2) is 59.0 Å². The summed E-state index contributed by atoms with van der Waals surface area (Å²) in [6.45, 7) is 3.94. The number of amides is 1. The summed E-state index contributed by atoms with van der Waals surface area (Å²) in [6.07, 6.45) is 0. The van der Waals surface area contributed by atoms with Crippen LogP contribution in [0.1, 0.15) is 16.2 Å². The molecule has 4 rings (SSSR count). The number of aryl methyl sites for hydroxylation is 1. The van der Waals surface area contributed by atoms with Crippen LogP contribution >= 0.6 is 0 Å². The van der Waals surface area contributed by atoms with Gasteiger partial charge in [0.1, 0.15) is 11.6 Å². The van der Waals surface area contributed by atoms with Crippen molar-refractivity contribution in [1.82, 2.24) is 9.88 Å². The molecule has 138 valence electrons. The molecule has 1 aliphatic heterocycles. The first-order chi connectivity index (χ1) is 13.1. The van der Waals surface area contributed by atoms with Crippen LogP contribution in [-0.2, 0) is 0 Å². The first kappa shape index (κ1) is 17.3. The highest BCUT2D eigenvalue weighted by Crippen LogP contribution is 2.24. The molecule has 1 fully saturated rings. The van der Waals surface area contributed by atoms with Gasteiger partial charge in [0.25, 0.3) is 5.91 Å². The van der Waals surface area contributed by atoms with Crippen molar-refractivity contribution in [3.8, 4) is 11.5 Å². The van der Waals surface area contributed by atoms with Gasteiger partial charge in [0.15, 0.2) is 5.69 Å². The zero-order chi connectivity index (χ0) is 18.8. The third-order valence-corrected chi connectivity index (χ3v) is 4.78. The van der Waals surface area contributed by atoms with Crippen molar-refractivity contribution in [3.05, 3.63) is 71.9 Å². The molecular formula is C21H20FN3O2. The number of carbonyl (C=O) groups is 1. The van der Waals surface area contributed by atoms with E-state index in [9.17, 15) is 9.18 Å². The fourth-order valence-corrected chi connectivity index (χ4v) is 3.31. The average Bonchev–Trinajstić information content (AvgIpc) is 3.10. The number of para-hydroxylation sites is 1. The Morgan fingerprint density at radius 2 is 1.67 bits per heavy atom. The third kappa shape index (κ3) is 3.43. The SMILES string of the molecule is Cc1oc(-c2ccccc2)nc1C(=O)N1CCN(c2ccccc2F)CC1. The van der Waals surface area contributed by atoms with Crippen molar-refractivity contribution in [2.24, 2.45) is 0 Å². The quantitative estimate of drug-likeness (QED) is 0.709. The van der Waals surface area contributed by atoms with E-state index in [-0.39, 0.29) is 11.7 Å². The summed E-state index contributed by atoms with van der Waals surface area (Å²) in [5, 5.41) is 0. The molecule has 2 aromatic carbocycles. The predicted molar refractivity (Wildman–Crippen MR) is 101 cm³/mol. The topological polar surface area (TPSA) is 49.6 Å². The van der Waals surface area contributed by atoms with E-state index in [1.165, 1.54) is 6.07 Å². The number of rotatable bonds is 3. The standard InChI is InChI=1S/C21H20FN3O2/c1-15-19(23-20(27-15)16-7-3-2-4-8-16)21(26)25-13-11-24(12-14-25)18-10-6-5-9-17(18)22/h2-10H,11-14H2,1H3. The number of piperazine rings is 1. The molecule has 0 unspecified atom stereocenters. The van der Waals surface area contributed by atoms with Crippen LogP contribution in [0.2, 0.25) is 0 Å². The number of oxazole rings is 1. The number of carbonyl (C=O) groups excluding carboxylic acids is 1. The van der Waals surface area contributed by atoms with Crippen LogP contribution in [0.25, 0.3) is 11.5 Å². The summed E-state index contributed by atoms with van der Waals surface area (Å²) >= 11 is 0. The molecular weight excluding hydrogens is 345 g/mol. The van der Waals surface area contributed by atoms with Gasteiger partial charge in [0, 0.05) is 31.7 Å². The van der Waals surface area contributed by atoms with E-state index in [4.69, 9.17) is 4.42 Å². The van der Waals surface area contributed by atoms with Gasteiger partial charge in [-0.2, -0.15) is 0 Å². The molecule has 0 aliphatic carbocycles. The zero-order valence-electron chi connectivity index (χ0n) is 15.1. The Hall–Kier alpha value is -3.15. The summed E-state index contributed by atoms with van der Waals surface area (Å²) < 4.78 is 19.7. The molecule has 6 heteroatoms. The number of nitrogens with zero attached hydrogens (tertiary/aromatic N) is 3. The maximum absolute atomic E-state index is 14.0. The van der Waals surface area contributed by atoms with E-state index < -0.39 is 0 Å². The summed E-state index contributed by atoms with van der Waals surface area (Å²) in [7, 11) is 0. The predicted octanol–water partition coefficient (Wildman–Crippen LogP) is 3.75. The Balaban J connectivity index is 1.47. The van der Waals surface area contributed by atoms with Crippen molar-refractivity contribution in [3.63, 3.8) is 0 Å². The smallest absolute Gasteiger partial charge is 0.276 e. The van der Waals surface area contributed by atoms with Crippen molar-refractivity contribution >= 4 is 11.6 Å². The molecule has 0 saturated carbocycles. The lowest BCUT2D eigenvalue weighted by Crippen LogP contribution is -2.49. The van der Waals surface area contributed by atoms with Crippen molar-refractivity contribution in [2.45, 2.75) is 6.92 Å². The molecule has 0 bridgehead atoms. The third-order valence-electron chi connectivity index (χ3n) is 4.78. The minimum Gasteiger partial charge on any atom is -0.441 e. The summed E-state index contributed by atoms with van der Waals surface area (Å²) in [6, 6.07) is 16.2. The molecule has 0 spiro atoms. The molecule has 27 heavy (non-hydrogen) atoms. The lowest BCUT2D eigenvalue weighted by atomic mass is 10.2. The normalized spacial score (nSPS) is 14.4. The minimum atomic E-state index is -0.239. The van der Waals surface area contributed by atoms with E-state index in [0.29, 0.717) is 49.2 Å². The molecule has 0 N–H and O–H groups in total. The molecule has 1 amide bonds. The van der Waals surface area contributed by atoms with Gasteiger partial charge in [-0.25, -0.2) is 9.37 Å². The van der Waals surface area contributed by atoms with Gasteiger partial charge >= 0.3 is 0 Å². The molecule has 1 saturated heterocycles. The Labute approximate surface area is 157 Å². The van der Waals surface area contributed by atoms with Crippen LogP contribution in [0.5, 0.6) is 0 Å². The summed E-state index contributed by atoms with van der Waals surface area (Å²) in [4.78, 5) is 21.0. The highest BCUT2D eigenvalue weighted by molar-refractivity contribution is 5.94. The number of hydrogen-bond acceptors (Lipinski definition) is 4. The lowest BCUT2D eigenvalue weighted by Gasteiger charge is -2.35. The Morgan fingerprint density at radius 1 is 1.00 bits per heavy atom. The maximum atomic E-state index is 14.0. The Kier molecular flexibility index (Phi) is 4.62. The number of aromatic nitrogens is 1. The molecule has 0 atom stereocenters.